The first-order valence-electron chi connectivity index (χ1n) is 5.82. The van der Waals surface area contributed by atoms with Gasteiger partial charge in [-0.25, -0.2) is 13.1 Å². The highest BCUT2D eigenvalue weighted by molar-refractivity contribution is 7.89. The van der Waals surface area contributed by atoms with Crippen LogP contribution < -0.4 is 9.46 Å². The van der Waals surface area contributed by atoms with Crippen LogP contribution in [0.3, 0.4) is 0 Å². The molecule has 1 aliphatic rings. The summed E-state index contributed by atoms with van der Waals surface area (Å²) >= 11 is 0. The van der Waals surface area contributed by atoms with Crippen molar-refractivity contribution in [3.05, 3.63) is 29.3 Å². The molecule has 5 heteroatoms. The summed E-state index contributed by atoms with van der Waals surface area (Å²) < 4.78 is 30.7. The maximum atomic E-state index is 11.3. The molecule has 0 amide bonds. The summed E-state index contributed by atoms with van der Waals surface area (Å²) in [5.41, 5.74) is 2.15. The van der Waals surface area contributed by atoms with Crippen molar-refractivity contribution >= 4 is 10.0 Å². The summed E-state index contributed by atoms with van der Waals surface area (Å²) in [6.07, 6.45) is 2.03. The molecule has 1 N–H and O–H groups in total. The molecule has 4 nitrogen and oxygen atoms in total. The van der Waals surface area contributed by atoms with E-state index in [1.807, 2.05) is 18.2 Å². The fraction of sp³-hybridized carbons (Fsp3) is 0.500. The second-order valence-corrected chi connectivity index (χ2v) is 6.21. The molecule has 1 heterocycles. The van der Waals surface area contributed by atoms with Gasteiger partial charge in [-0.1, -0.05) is 12.1 Å². The van der Waals surface area contributed by atoms with Gasteiger partial charge >= 0.3 is 0 Å². The van der Waals surface area contributed by atoms with Crippen LogP contribution in [0.2, 0.25) is 0 Å². The zero-order valence-corrected chi connectivity index (χ0v) is 10.7. The molecule has 0 saturated carbocycles. The van der Waals surface area contributed by atoms with Crippen LogP contribution in [0.25, 0.3) is 0 Å². The predicted octanol–water partition coefficient (Wildman–Crippen LogP) is 1.45. The number of sulfonamides is 1. The quantitative estimate of drug-likeness (QED) is 0.886. The number of hydrogen-bond donors (Lipinski definition) is 1. The second kappa shape index (κ2) is 5.06. The Hall–Kier alpha value is -1.07. The Morgan fingerprint density at radius 1 is 1.41 bits per heavy atom. The van der Waals surface area contributed by atoms with E-state index in [4.69, 9.17) is 4.74 Å². The van der Waals surface area contributed by atoms with E-state index in [2.05, 4.69) is 4.72 Å². The van der Waals surface area contributed by atoms with Crippen LogP contribution in [-0.2, 0) is 23.0 Å². The number of rotatable bonds is 4. The Morgan fingerprint density at radius 2 is 2.24 bits per heavy atom. The number of ether oxygens (including phenoxy) is 1. The average Bonchev–Trinajstić information content (AvgIpc) is 2.36. The van der Waals surface area contributed by atoms with Crippen molar-refractivity contribution in [3.63, 3.8) is 0 Å². The highest BCUT2D eigenvalue weighted by Crippen LogP contribution is 2.25. The van der Waals surface area contributed by atoms with Gasteiger partial charge in [-0.3, -0.25) is 0 Å². The highest BCUT2D eigenvalue weighted by atomic mass is 32.2. The first kappa shape index (κ1) is 12.4. The largest absolute Gasteiger partial charge is 0.493 e. The van der Waals surface area contributed by atoms with Crippen LogP contribution in [0.5, 0.6) is 5.75 Å². The summed E-state index contributed by atoms with van der Waals surface area (Å²) in [6, 6.07) is 5.85. The van der Waals surface area contributed by atoms with Gasteiger partial charge in [0.1, 0.15) is 5.75 Å². The van der Waals surface area contributed by atoms with Crippen LogP contribution >= 0.6 is 0 Å². The minimum Gasteiger partial charge on any atom is -0.493 e. The van der Waals surface area contributed by atoms with E-state index in [-0.39, 0.29) is 5.75 Å². The SMILES string of the molecule is CCS(=O)(=O)NCc1ccc2c(c1)CCCO2. The average molecular weight is 255 g/mol. The van der Waals surface area contributed by atoms with Crippen LogP contribution in [0.1, 0.15) is 24.5 Å². The summed E-state index contributed by atoms with van der Waals surface area (Å²) in [6.45, 7) is 2.75. The molecule has 0 atom stereocenters. The molecule has 17 heavy (non-hydrogen) atoms. The van der Waals surface area contributed by atoms with Crippen molar-refractivity contribution in [3.8, 4) is 5.75 Å². The van der Waals surface area contributed by atoms with Gasteiger partial charge in [0, 0.05) is 6.54 Å². The third-order valence-corrected chi connectivity index (χ3v) is 4.19. The topological polar surface area (TPSA) is 55.4 Å². The van der Waals surface area contributed by atoms with Gasteiger partial charge < -0.3 is 4.74 Å². The molecule has 1 aliphatic heterocycles. The first-order valence-corrected chi connectivity index (χ1v) is 7.48. The van der Waals surface area contributed by atoms with Gasteiger partial charge in [0.05, 0.1) is 12.4 Å². The molecule has 94 valence electrons. The zero-order chi connectivity index (χ0) is 12.3. The Morgan fingerprint density at radius 3 is 3.00 bits per heavy atom. The summed E-state index contributed by atoms with van der Waals surface area (Å²) in [7, 11) is -3.12. The summed E-state index contributed by atoms with van der Waals surface area (Å²) in [5, 5.41) is 0. The molecule has 1 aromatic carbocycles. The van der Waals surface area contributed by atoms with E-state index in [9.17, 15) is 8.42 Å². The minimum absolute atomic E-state index is 0.112. The van der Waals surface area contributed by atoms with Gasteiger partial charge in [0.2, 0.25) is 10.0 Å². The van der Waals surface area contributed by atoms with Crippen molar-refractivity contribution < 1.29 is 13.2 Å². The van der Waals surface area contributed by atoms with E-state index < -0.39 is 10.0 Å². The minimum atomic E-state index is -3.12. The lowest BCUT2D eigenvalue weighted by Crippen LogP contribution is -2.24. The third kappa shape index (κ3) is 3.20. The second-order valence-electron chi connectivity index (χ2n) is 4.12. The van der Waals surface area contributed by atoms with Gasteiger partial charge in [-0.05, 0) is 37.0 Å². The van der Waals surface area contributed by atoms with E-state index in [0.29, 0.717) is 6.54 Å². The maximum absolute atomic E-state index is 11.3. The van der Waals surface area contributed by atoms with Crippen molar-refractivity contribution in [2.45, 2.75) is 26.3 Å². The first-order chi connectivity index (χ1) is 8.11. The fourth-order valence-corrected chi connectivity index (χ4v) is 2.41. The highest BCUT2D eigenvalue weighted by Gasteiger charge is 2.11. The van der Waals surface area contributed by atoms with Gasteiger partial charge in [0.25, 0.3) is 0 Å². The van der Waals surface area contributed by atoms with Crippen LogP contribution in [0, 0.1) is 0 Å². The van der Waals surface area contributed by atoms with E-state index in [0.717, 1.165) is 30.8 Å². The summed E-state index contributed by atoms with van der Waals surface area (Å²) in [4.78, 5) is 0. The van der Waals surface area contributed by atoms with Crippen LogP contribution in [0.4, 0.5) is 0 Å². The molecule has 0 aromatic heterocycles. The number of nitrogens with one attached hydrogen (secondary N) is 1. The predicted molar refractivity (Wildman–Crippen MR) is 66.6 cm³/mol. The Kier molecular flexibility index (Phi) is 3.69. The van der Waals surface area contributed by atoms with Gasteiger partial charge in [-0.15, -0.1) is 0 Å². The lowest BCUT2D eigenvalue weighted by atomic mass is 10.0. The Labute approximate surface area is 102 Å². The Balaban J connectivity index is 2.07. The third-order valence-electron chi connectivity index (χ3n) is 2.85. The molecule has 0 spiro atoms. The summed E-state index contributed by atoms with van der Waals surface area (Å²) in [5.74, 6) is 1.04. The fourth-order valence-electron chi connectivity index (χ4n) is 1.82. The van der Waals surface area contributed by atoms with E-state index in [1.54, 1.807) is 6.92 Å². The zero-order valence-electron chi connectivity index (χ0n) is 9.90. The maximum Gasteiger partial charge on any atom is 0.211 e. The lowest BCUT2D eigenvalue weighted by Gasteiger charge is -2.17. The smallest absolute Gasteiger partial charge is 0.211 e. The molecular formula is C12H17NO3S. The lowest BCUT2D eigenvalue weighted by molar-refractivity contribution is 0.288. The van der Waals surface area contributed by atoms with Crippen LogP contribution in [-0.4, -0.2) is 20.8 Å². The number of benzene rings is 1. The Bertz CT molecular complexity index is 496. The van der Waals surface area contributed by atoms with Crippen LogP contribution in [0.15, 0.2) is 18.2 Å². The molecule has 0 aliphatic carbocycles. The normalized spacial score (nSPS) is 15.1. The molecule has 2 rings (SSSR count). The van der Waals surface area contributed by atoms with Crippen molar-refractivity contribution in [1.82, 2.24) is 4.72 Å². The standard InChI is InChI=1S/C12H17NO3S/c1-2-17(14,15)13-9-10-5-6-12-11(8-10)4-3-7-16-12/h5-6,8,13H,2-4,7,9H2,1H3. The molecule has 0 fully saturated rings. The van der Waals surface area contributed by atoms with Gasteiger partial charge in [0.15, 0.2) is 0 Å². The monoisotopic (exact) mass is 255 g/mol. The number of hydrogen-bond acceptors (Lipinski definition) is 3. The molecule has 1 aromatic rings. The molecule has 0 unspecified atom stereocenters. The number of aryl methyl sites for hydroxylation is 1. The van der Waals surface area contributed by atoms with E-state index >= 15 is 0 Å². The molecule has 0 radical (unpaired) electrons. The molecule has 0 saturated heterocycles. The van der Waals surface area contributed by atoms with E-state index in [1.165, 1.54) is 5.56 Å². The molecule has 0 bridgehead atoms. The van der Waals surface area contributed by atoms with Crippen molar-refractivity contribution in [2.75, 3.05) is 12.4 Å². The van der Waals surface area contributed by atoms with Crippen molar-refractivity contribution in [2.24, 2.45) is 0 Å². The van der Waals surface area contributed by atoms with Crippen molar-refractivity contribution in [1.29, 1.82) is 0 Å². The molecular weight excluding hydrogens is 238 g/mol. The van der Waals surface area contributed by atoms with Gasteiger partial charge in [-0.2, -0.15) is 0 Å². The number of fused-ring (bicyclic) bond motifs is 1.